The van der Waals surface area contributed by atoms with Gasteiger partial charge in [0.1, 0.15) is 12.0 Å². The SMILES string of the molecule is CCc1ccc(-c2cc(C=O)cc(OC3CCC3)c2)cc1. The molecule has 1 saturated carbocycles. The fourth-order valence-corrected chi connectivity index (χ4v) is 2.54. The van der Waals surface area contributed by atoms with Gasteiger partial charge in [0.25, 0.3) is 0 Å². The van der Waals surface area contributed by atoms with Gasteiger partial charge in [0.05, 0.1) is 6.10 Å². The Morgan fingerprint density at radius 1 is 1.10 bits per heavy atom. The zero-order chi connectivity index (χ0) is 14.7. The monoisotopic (exact) mass is 280 g/mol. The third kappa shape index (κ3) is 3.15. The van der Waals surface area contributed by atoms with E-state index in [1.165, 1.54) is 12.0 Å². The summed E-state index contributed by atoms with van der Waals surface area (Å²) in [6.45, 7) is 2.15. The van der Waals surface area contributed by atoms with Gasteiger partial charge in [-0.1, -0.05) is 31.2 Å². The summed E-state index contributed by atoms with van der Waals surface area (Å²) in [5, 5.41) is 0. The van der Waals surface area contributed by atoms with Crippen molar-refractivity contribution >= 4 is 6.29 Å². The number of carbonyl (C=O) groups excluding carboxylic acids is 1. The fourth-order valence-electron chi connectivity index (χ4n) is 2.54. The highest BCUT2D eigenvalue weighted by atomic mass is 16.5. The van der Waals surface area contributed by atoms with E-state index >= 15 is 0 Å². The van der Waals surface area contributed by atoms with Crippen LogP contribution in [0.2, 0.25) is 0 Å². The van der Waals surface area contributed by atoms with E-state index in [2.05, 4.69) is 31.2 Å². The van der Waals surface area contributed by atoms with Crippen molar-refractivity contribution in [3.63, 3.8) is 0 Å². The van der Waals surface area contributed by atoms with Crippen LogP contribution in [-0.2, 0) is 6.42 Å². The first-order valence-electron chi connectivity index (χ1n) is 7.64. The minimum atomic E-state index is 0.321. The Bertz CT molecular complexity index is 625. The van der Waals surface area contributed by atoms with Crippen molar-refractivity contribution in [2.24, 2.45) is 0 Å². The zero-order valence-electron chi connectivity index (χ0n) is 12.3. The number of rotatable bonds is 5. The average Bonchev–Trinajstić information content (AvgIpc) is 2.50. The van der Waals surface area contributed by atoms with Crippen LogP contribution in [0.1, 0.15) is 42.1 Å². The van der Waals surface area contributed by atoms with E-state index in [9.17, 15) is 4.79 Å². The van der Waals surface area contributed by atoms with Crippen LogP contribution in [0.4, 0.5) is 0 Å². The molecule has 0 bridgehead atoms. The maximum absolute atomic E-state index is 11.2. The maximum atomic E-state index is 11.2. The normalized spacial score (nSPS) is 14.5. The number of benzene rings is 2. The van der Waals surface area contributed by atoms with Crippen molar-refractivity contribution in [2.45, 2.75) is 38.7 Å². The summed E-state index contributed by atoms with van der Waals surface area (Å²) in [5.41, 5.74) is 4.14. The number of carbonyl (C=O) groups is 1. The molecule has 0 aromatic heterocycles. The molecule has 0 aliphatic heterocycles. The van der Waals surface area contributed by atoms with E-state index in [1.807, 2.05) is 18.2 Å². The van der Waals surface area contributed by atoms with Crippen LogP contribution < -0.4 is 4.74 Å². The van der Waals surface area contributed by atoms with Crippen molar-refractivity contribution in [3.05, 3.63) is 53.6 Å². The Hall–Kier alpha value is -2.09. The molecule has 0 amide bonds. The van der Waals surface area contributed by atoms with Gasteiger partial charge < -0.3 is 4.74 Å². The molecule has 1 fully saturated rings. The quantitative estimate of drug-likeness (QED) is 0.745. The Balaban J connectivity index is 1.91. The third-order valence-electron chi connectivity index (χ3n) is 4.12. The molecule has 0 N–H and O–H groups in total. The molecule has 1 aliphatic rings. The van der Waals surface area contributed by atoms with E-state index in [0.717, 1.165) is 42.4 Å². The molecule has 0 atom stereocenters. The molecule has 0 spiro atoms. The lowest BCUT2D eigenvalue weighted by molar-refractivity contribution is 0.111. The highest BCUT2D eigenvalue weighted by Crippen LogP contribution is 2.30. The van der Waals surface area contributed by atoms with Crippen LogP contribution in [0, 0.1) is 0 Å². The van der Waals surface area contributed by atoms with Crippen molar-refractivity contribution in [1.29, 1.82) is 0 Å². The Labute approximate surface area is 125 Å². The molecular weight excluding hydrogens is 260 g/mol. The molecule has 3 rings (SSSR count). The lowest BCUT2D eigenvalue weighted by Gasteiger charge is -2.26. The van der Waals surface area contributed by atoms with Crippen LogP contribution in [0.25, 0.3) is 11.1 Å². The summed E-state index contributed by atoms with van der Waals surface area (Å²) >= 11 is 0. The van der Waals surface area contributed by atoms with Gasteiger partial charge in [-0.15, -0.1) is 0 Å². The summed E-state index contributed by atoms with van der Waals surface area (Å²) in [6.07, 6.45) is 5.71. The van der Waals surface area contributed by atoms with E-state index in [1.54, 1.807) is 0 Å². The first-order chi connectivity index (χ1) is 10.3. The third-order valence-corrected chi connectivity index (χ3v) is 4.12. The summed E-state index contributed by atoms with van der Waals surface area (Å²) in [5.74, 6) is 0.805. The van der Waals surface area contributed by atoms with Gasteiger partial charge in [0, 0.05) is 5.56 Å². The highest BCUT2D eigenvalue weighted by Gasteiger charge is 2.19. The predicted molar refractivity (Wildman–Crippen MR) is 84.9 cm³/mol. The summed E-state index contributed by atoms with van der Waals surface area (Å²) in [4.78, 5) is 11.2. The minimum Gasteiger partial charge on any atom is -0.490 e. The molecular formula is C19H20O2. The fraction of sp³-hybridized carbons (Fsp3) is 0.316. The van der Waals surface area contributed by atoms with Gasteiger partial charge in [-0.3, -0.25) is 4.79 Å². The molecule has 0 unspecified atom stereocenters. The molecule has 0 saturated heterocycles. The van der Waals surface area contributed by atoms with Crippen molar-refractivity contribution < 1.29 is 9.53 Å². The van der Waals surface area contributed by atoms with Crippen molar-refractivity contribution in [2.75, 3.05) is 0 Å². The second kappa shape index (κ2) is 6.13. The second-order valence-electron chi connectivity index (χ2n) is 5.63. The van der Waals surface area contributed by atoms with Gasteiger partial charge >= 0.3 is 0 Å². The van der Waals surface area contributed by atoms with Crippen LogP contribution in [0.5, 0.6) is 5.75 Å². The van der Waals surface area contributed by atoms with Crippen LogP contribution in [0.15, 0.2) is 42.5 Å². The number of aryl methyl sites for hydroxylation is 1. The minimum absolute atomic E-state index is 0.321. The van der Waals surface area contributed by atoms with Gasteiger partial charge in [-0.25, -0.2) is 0 Å². The molecule has 2 nitrogen and oxygen atoms in total. The van der Waals surface area contributed by atoms with Gasteiger partial charge in [-0.05, 0) is 60.6 Å². The number of hydrogen-bond acceptors (Lipinski definition) is 2. The standard InChI is InChI=1S/C19H20O2/c1-2-14-6-8-16(9-7-14)17-10-15(13-20)11-19(12-17)21-18-4-3-5-18/h6-13,18H,2-5H2,1H3. The average molecular weight is 280 g/mol. The number of ether oxygens (including phenoxy) is 1. The number of hydrogen-bond donors (Lipinski definition) is 0. The molecule has 2 aromatic rings. The lowest BCUT2D eigenvalue weighted by Crippen LogP contribution is -2.24. The summed E-state index contributed by atoms with van der Waals surface area (Å²) in [7, 11) is 0. The largest absolute Gasteiger partial charge is 0.490 e. The van der Waals surface area contributed by atoms with Crippen LogP contribution in [-0.4, -0.2) is 12.4 Å². The maximum Gasteiger partial charge on any atom is 0.150 e. The molecule has 1 aliphatic carbocycles. The van der Waals surface area contributed by atoms with Gasteiger partial charge in [0.15, 0.2) is 0 Å². The Kier molecular flexibility index (Phi) is 4.05. The second-order valence-corrected chi connectivity index (χ2v) is 5.63. The van der Waals surface area contributed by atoms with E-state index < -0.39 is 0 Å². The van der Waals surface area contributed by atoms with Crippen LogP contribution in [0.3, 0.4) is 0 Å². The van der Waals surface area contributed by atoms with Crippen molar-refractivity contribution in [3.8, 4) is 16.9 Å². The predicted octanol–water partition coefficient (Wildman–Crippen LogP) is 4.66. The highest BCUT2D eigenvalue weighted by molar-refractivity contribution is 5.80. The molecule has 2 aromatic carbocycles. The molecule has 2 heteroatoms. The molecule has 108 valence electrons. The molecule has 0 heterocycles. The van der Waals surface area contributed by atoms with Crippen LogP contribution >= 0.6 is 0 Å². The lowest BCUT2D eigenvalue weighted by atomic mass is 9.96. The van der Waals surface area contributed by atoms with Crippen molar-refractivity contribution in [1.82, 2.24) is 0 Å². The Morgan fingerprint density at radius 3 is 2.43 bits per heavy atom. The topological polar surface area (TPSA) is 26.3 Å². The first-order valence-corrected chi connectivity index (χ1v) is 7.64. The number of aldehydes is 1. The smallest absolute Gasteiger partial charge is 0.150 e. The zero-order valence-corrected chi connectivity index (χ0v) is 12.3. The van der Waals surface area contributed by atoms with E-state index in [-0.39, 0.29) is 0 Å². The first kappa shape index (κ1) is 13.9. The van der Waals surface area contributed by atoms with Gasteiger partial charge in [-0.2, -0.15) is 0 Å². The summed E-state index contributed by atoms with van der Waals surface area (Å²) < 4.78 is 5.94. The molecule has 0 radical (unpaired) electrons. The Morgan fingerprint density at radius 2 is 1.86 bits per heavy atom. The van der Waals surface area contributed by atoms with E-state index in [4.69, 9.17) is 4.74 Å². The van der Waals surface area contributed by atoms with Gasteiger partial charge in [0.2, 0.25) is 0 Å². The molecule has 21 heavy (non-hydrogen) atoms. The van der Waals surface area contributed by atoms with E-state index in [0.29, 0.717) is 11.7 Å². The summed E-state index contributed by atoms with van der Waals surface area (Å²) in [6, 6.07) is 14.3.